The minimum atomic E-state index is -0.879. The average Bonchev–Trinajstić information content (AvgIpc) is 3.63. The molecule has 0 radical (unpaired) electrons. The predicted octanol–water partition coefficient (Wildman–Crippen LogP) is 4.83. The highest BCUT2D eigenvalue weighted by molar-refractivity contribution is 6.48. The molecule has 10 nitrogen and oxygen atoms in total. The van der Waals surface area contributed by atoms with Crippen LogP contribution in [0.5, 0.6) is 0 Å². The zero-order valence-corrected chi connectivity index (χ0v) is 27.7. The van der Waals surface area contributed by atoms with E-state index in [0.29, 0.717) is 29.4 Å². The maximum atomic E-state index is 14.2. The minimum absolute atomic E-state index is 0.0170. The first-order valence-electron chi connectivity index (χ1n) is 16.6. The molecule has 3 aliphatic carbocycles. The number of nitrogens with one attached hydrogen (secondary N) is 4. The van der Waals surface area contributed by atoms with E-state index in [9.17, 15) is 14.4 Å². The van der Waals surface area contributed by atoms with E-state index in [1.54, 1.807) is 29.7 Å². The SMILES string of the molecule is CC(C)C[C@H](NC(=O)[C@H](Cc1c[nH]c2ccccc12)NC(=O)c1ccc(/C=C/C(=O)NO)cc1)B1OC2[C@@H]3CC(C[C@]2(C)O1)C3(C)C. The monoisotopic (exact) mass is 640 g/mol. The Morgan fingerprint density at radius 1 is 1.09 bits per heavy atom. The van der Waals surface area contributed by atoms with Crippen LogP contribution in [0.15, 0.2) is 60.8 Å². The fraction of sp³-hybridized carbons (Fsp3) is 0.472. The van der Waals surface area contributed by atoms with Gasteiger partial charge in [0.25, 0.3) is 11.8 Å². The lowest BCUT2D eigenvalue weighted by molar-refractivity contribution is -0.185. The van der Waals surface area contributed by atoms with Gasteiger partial charge in [0.2, 0.25) is 5.91 Å². The number of hydroxylamine groups is 1. The molecule has 7 rings (SSSR count). The number of carbonyl (C=O) groups excluding carboxylic acids is 3. The summed E-state index contributed by atoms with van der Waals surface area (Å²) in [7, 11) is -0.579. The molecule has 2 aromatic carbocycles. The topological polar surface area (TPSA) is 142 Å². The first-order valence-corrected chi connectivity index (χ1v) is 16.6. The van der Waals surface area contributed by atoms with Crippen molar-refractivity contribution in [1.82, 2.24) is 21.1 Å². The highest BCUT2D eigenvalue weighted by Gasteiger charge is 2.67. The van der Waals surface area contributed by atoms with Gasteiger partial charge in [0.05, 0.1) is 17.6 Å². The molecule has 4 fully saturated rings. The average molecular weight is 641 g/mol. The zero-order valence-electron chi connectivity index (χ0n) is 27.7. The van der Waals surface area contributed by atoms with Gasteiger partial charge in [0, 0.05) is 35.2 Å². The molecular weight excluding hydrogens is 595 g/mol. The molecular formula is C36H45BN4O6. The molecule has 11 heteroatoms. The van der Waals surface area contributed by atoms with Crippen LogP contribution in [0, 0.1) is 23.2 Å². The van der Waals surface area contributed by atoms with E-state index in [1.807, 2.05) is 30.5 Å². The Labute approximate surface area is 276 Å². The second-order valence-corrected chi connectivity index (χ2v) is 14.7. The molecule has 3 aromatic rings. The molecule has 5 N–H and O–H groups in total. The summed E-state index contributed by atoms with van der Waals surface area (Å²) in [6.45, 7) is 11.0. The summed E-state index contributed by atoms with van der Waals surface area (Å²) in [6.07, 6.45) is 7.60. The van der Waals surface area contributed by atoms with Crippen molar-refractivity contribution in [2.45, 2.75) is 84.0 Å². The Balaban J connectivity index is 1.22. The lowest BCUT2D eigenvalue weighted by atomic mass is 9.45. The smallest absolute Gasteiger partial charge is 0.404 e. The van der Waals surface area contributed by atoms with Crippen molar-refractivity contribution in [1.29, 1.82) is 0 Å². The first-order chi connectivity index (χ1) is 22.4. The van der Waals surface area contributed by atoms with Crippen LogP contribution in [0.2, 0.25) is 0 Å². The van der Waals surface area contributed by atoms with Crippen molar-refractivity contribution in [2.24, 2.45) is 23.2 Å². The third-order valence-corrected chi connectivity index (χ3v) is 10.6. The van der Waals surface area contributed by atoms with Crippen molar-refractivity contribution < 1.29 is 28.9 Å². The fourth-order valence-electron chi connectivity index (χ4n) is 7.87. The Bertz CT molecular complexity index is 1670. The van der Waals surface area contributed by atoms with Crippen molar-refractivity contribution >= 4 is 41.8 Å². The van der Waals surface area contributed by atoms with Crippen molar-refractivity contribution in [3.05, 3.63) is 77.5 Å². The Hall–Kier alpha value is -3.93. The van der Waals surface area contributed by atoms with E-state index in [-0.39, 0.29) is 35.4 Å². The van der Waals surface area contributed by atoms with Crippen LogP contribution < -0.4 is 16.1 Å². The van der Waals surface area contributed by atoms with Gasteiger partial charge in [-0.15, -0.1) is 0 Å². The van der Waals surface area contributed by atoms with Gasteiger partial charge in [-0.3, -0.25) is 19.6 Å². The molecule has 2 heterocycles. The van der Waals surface area contributed by atoms with E-state index >= 15 is 0 Å². The Kier molecular flexibility index (Phi) is 9.08. The number of H-pyrrole nitrogens is 1. The lowest BCUT2D eigenvalue weighted by Crippen LogP contribution is -2.63. The Morgan fingerprint density at radius 3 is 2.53 bits per heavy atom. The van der Waals surface area contributed by atoms with Crippen LogP contribution >= 0.6 is 0 Å². The van der Waals surface area contributed by atoms with Crippen LogP contribution in [0.25, 0.3) is 17.0 Å². The summed E-state index contributed by atoms with van der Waals surface area (Å²) in [5.41, 5.74) is 4.28. The molecule has 2 bridgehead atoms. The third kappa shape index (κ3) is 6.61. The summed E-state index contributed by atoms with van der Waals surface area (Å²) in [5, 5.41) is 15.9. The van der Waals surface area contributed by atoms with E-state index < -0.39 is 30.9 Å². The van der Waals surface area contributed by atoms with Crippen molar-refractivity contribution in [2.75, 3.05) is 0 Å². The number of fused-ring (bicyclic) bond motifs is 1. The molecule has 248 valence electrons. The van der Waals surface area contributed by atoms with Gasteiger partial charge in [-0.05, 0) is 84.8 Å². The standard InChI is InChI=1S/C36H45BN4O6/c1-21(2)16-30(37-46-32-27-18-25(35(27,3)4)19-36(32,5)47-37)40-34(44)29(17-24-20-38-28-9-7-6-8-26(24)28)39-33(43)23-13-10-22(11-14-23)12-15-31(42)41-45/h6-15,20-21,25,27,29-30,32,38,45H,16-19H2,1-5H3,(H,39,43)(H,40,44)(H,41,42)/b15-12+/t25?,27-,29-,30-,32?,36-/m0/s1. The molecule has 1 aliphatic heterocycles. The number of benzene rings is 2. The number of carbonyl (C=O) groups is 3. The first kappa shape index (κ1) is 33.0. The molecule has 4 aliphatic rings. The summed E-state index contributed by atoms with van der Waals surface area (Å²) in [6, 6.07) is 13.6. The highest BCUT2D eigenvalue weighted by atomic mass is 16.7. The second-order valence-electron chi connectivity index (χ2n) is 14.7. The van der Waals surface area contributed by atoms with Gasteiger partial charge in [-0.25, -0.2) is 5.48 Å². The number of aromatic amines is 1. The van der Waals surface area contributed by atoms with Gasteiger partial charge < -0.3 is 24.9 Å². The molecule has 1 saturated heterocycles. The molecule has 6 atom stereocenters. The molecule has 2 unspecified atom stereocenters. The van der Waals surface area contributed by atoms with Gasteiger partial charge >= 0.3 is 7.12 Å². The number of aromatic nitrogens is 1. The normalized spacial score (nSPS) is 25.7. The fourth-order valence-corrected chi connectivity index (χ4v) is 7.87. The third-order valence-electron chi connectivity index (χ3n) is 10.6. The van der Waals surface area contributed by atoms with E-state index in [0.717, 1.165) is 29.3 Å². The number of amides is 3. The Morgan fingerprint density at radius 2 is 1.83 bits per heavy atom. The van der Waals surface area contributed by atoms with Gasteiger partial charge in [0.1, 0.15) is 6.04 Å². The van der Waals surface area contributed by atoms with Gasteiger partial charge in [-0.1, -0.05) is 58.0 Å². The summed E-state index contributed by atoms with van der Waals surface area (Å²) in [5.74, 6) is -0.454. The zero-order chi connectivity index (χ0) is 33.5. The van der Waals surface area contributed by atoms with Crippen LogP contribution in [0.4, 0.5) is 0 Å². The second kappa shape index (κ2) is 12.9. The summed E-state index contributed by atoms with van der Waals surface area (Å²) >= 11 is 0. The maximum Gasteiger partial charge on any atom is 0.481 e. The maximum absolute atomic E-state index is 14.2. The van der Waals surface area contributed by atoms with Crippen molar-refractivity contribution in [3.63, 3.8) is 0 Å². The number of para-hydroxylation sites is 1. The van der Waals surface area contributed by atoms with Crippen molar-refractivity contribution in [3.8, 4) is 0 Å². The number of hydrogen-bond acceptors (Lipinski definition) is 6. The van der Waals surface area contributed by atoms with E-state index in [4.69, 9.17) is 14.5 Å². The van der Waals surface area contributed by atoms with Crippen LogP contribution in [-0.2, 0) is 25.3 Å². The molecule has 0 spiro atoms. The quantitative estimate of drug-likeness (QED) is 0.0881. The molecule has 47 heavy (non-hydrogen) atoms. The summed E-state index contributed by atoms with van der Waals surface area (Å²) in [4.78, 5) is 42.4. The largest absolute Gasteiger partial charge is 0.481 e. The lowest BCUT2D eigenvalue weighted by Gasteiger charge is -2.63. The highest BCUT2D eigenvalue weighted by Crippen LogP contribution is 2.64. The summed E-state index contributed by atoms with van der Waals surface area (Å²) < 4.78 is 13.4. The molecule has 3 saturated carbocycles. The van der Waals surface area contributed by atoms with Gasteiger partial charge in [-0.2, -0.15) is 0 Å². The van der Waals surface area contributed by atoms with Gasteiger partial charge in [0.15, 0.2) is 0 Å². The minimum Gasteiger partial charge on any atom is -0.404 e. The predicted molar refractivity (Wildman–Crippen MR) is 180 cm³/mol. The van der Waals surface area contributed by atoms with Crippen LogP contribution in [0.3, 0.4) is 0 Å². The van der Waals surface area contributed by atoms with E-state index in [2.05, 4.69) is 50.2 Å². The number of hydrogen-bond donors (Lipinski definition) is 5. The molecule has 1 aromatic heterocycles. The van der Waals surface area contributed by atoms with Crippen LogP contribution in [-0.4, -0.2) is 58.7 Å². The van der Waals surface area contributed by atoms with Crippen LogP contribution in [0.1, 0.15) is 75.4 Å². The molecule has 3 amide bonds. The van der Waals surface area contributed by atoms with E-state index in [1.165, 1.54) is 12.2 Å². The number of rotatable bonds is 11.